The third-order valence-electron chi connectivity index (χ3n) is 3.58. The highest BCUT2D eigenvalue weighted by Gasteiger charge is 2.60. The summed E-state index contributed by atoms with van der Waals surface area (Å²) in [7, 11) is 0. The predicted octanol–water partition coefficient (Wildman–Crippen LogP) is 3.00. The molecule has 0 aliphatic carbocycles. The van der Waals surface area contributed by atoms with Gasteiger partial charge in [0.25, 0.3) is 0 Å². The minimum atomic E-state index is -4.94. The van der Waals surface area contributed by atoms with E-state index >= 15 is 0 Å². The molecule has 0 fully saturated rings. The van der Waals surface area contributed by atoms with Crippen molar-refractivity contribution >= 4 is 5.71 Å². The van der Waals surface area contributed by atoms with Crippen molar-refractivity contribution < 1.29 is 23.1 Å². The maximum Gasteiger partial charge on any atom is 0.458 e. The number of hydrogen-bond donors (Lipinski definition) is 1. The number of benzene rings is 1. The normalized spacial score (nSPS) is 20.2. The summed E-state index contributed by atoms with van der Waals surface area (Å²) in [4.78, 5) is 8.32. The first-order chi connectivity index (χ1) is 11.3. The molecule has 122 valence electrons. The molecule has 8 heteroatoms. The van der Waals surface area contributed by atoms with Gasteiger partial charge in [-0.1, -0.05) is 29.4 Å². The minimum Gasteiger partial charge on any atom is -0.350 e. The largest absolute Gasteiger partial charge is 0.458 e. The van der Waals surface area contributed by atoms with Gasteiger partial charge in [-0.05, 0) is 17.7 Å². The summed E-state index contributed by atoms with van der Waals surface area (Å²) in [6.45, 7) is 0. The number of hydrogen-bond acceptors (Lipinski definition) is 5. The number of oxime groups is 1. The van der Waals surface area contributed by atoms with Crippen LogP contribution in [0.2, 0.25) is 0 Å². The number of aliphatic hydroxyl groups is 1. The molecule has 2 aromatic rings. The smallest absolute Gasteiger partial charge is 0.350 e. The van der Waals surface area contributed by atoms with Crippen LogP contribution in [0.15, 0.2) is 47.8 Å². The highest BCUT2D eigenvalue weighted by Crippen LogP contribution is 2.39. The molecule has 1 aromatic heterocycles. The van der Waals surface area contributed by atoms with Crippen molar-refractivity contribution in [2.24, 2.45) is 5.16 Å². The van der Waals surface area contributed by atoms with Gasteiger partial charge in [-0.2, -0.15) is 18.4 Å². The lowest BCUT2D eigenvalue weighted by atomic mass is 9.99. The fourth-order valence-corrected chi connectivity index (χ4v) is 2.27. The van der Waals surface area contributed by atoms with Crippen LogP contribution >= 0.6 is 0 Å². The Morgan fingerprint density at radius 1 is 1.17 bits per heavy atom. The highest BCUT2D eigenvalue weighted by atomic mass is 19.4. The van der Waals surface area contributed by atoms with Crippen molar-refractivity contribution in [1.82, 2.24) is 4.98 Å². The van der Waals surface area contributed by atoms with Gasteiger partial charge in [-0.15, -0.1) is 0 Å². The zero-order valence-electron chi connectivity index (χ0n) is 12.1. The van der Waals surface area contributed by atoms with Gasteiger partial charge in [-0.25, -0.2) is 0 Å². The van der Waals surface area contributed by atoms with E-state index in [2.05, 4.69) is 15.0 Å². The summed E-state index contributed by atoms with van der Waals surface area (Å²) < 4.78 is 38.1. The van der Waals surface area contributed by atoms with Crippen molar-refractivity contribution in [3.63, 3.8) is 0 Å². The molecular formula is C16H10F3N3O2. The van der Waals surface area contributed by atoms with Crippen LogP contribution in [0.25, 0.3) is 11.3 Å². The van der Waals surface area contributed by atoms with Gasteiger partial charge in [0, 0.05) is 11.8 Å². The number of nitriles is 1. The zero-order chi connectivity index (χ0) is 17.4. The predicted molar refractivity (Wildman–Crippen MR) is 77.6 cm³/mol. The Kier molecular flexibility index (Phi) is 3.73. The molecule has 0 amide bonds. The molecule has 1 aliphatic heterocycles. The summed E-state index contributed by atoms with van der Waals surface area (Å²) >= 11 is 0. The number of aromatic nitrogens is 1. The van der Waals surface area contributed by atoms with E-state index in [9.17, 15) is 18.3 Å². The Morgan fingerprint density at radius 2 is 1.83 bits per heavy atom. The molecule has 1 aliphatic rings. The highest BCUT2D eigenvalue weighted by molar-refractivity contribution is 6.01. The molecule has 1 N–H and O–H groups in total. The average Bonchev–Trinajstić information content (AvgIpc) is 2.98. The van der Waals surface area contributed by atoms with Gasteiger partial charge in [-0.3, -0.25) is 4.98 Å². The minimum absolute atomic E-state index is 0.0112. The van der Waals surface area contributed by atoms with Gasteiger partial charge < -0.3 is 9.94 Å². The quantitative estimate of drug-likeness (QED) is 0.916. The van der Waals surface area contributed by atoms with Crippen molar-refractivity contribution in [1.29, 1.82) is 5.26 Å². The van der Waals surface area contributed by atoms with Crippen molar-refractivity contribution in [2.75, 3.05) is 0 Å². The Morgan fingerprint density at radius 3 is 2.42 bits per heavy atom. The molecule has 24 heavy (non-hydrogen) atoms. The Labute approximate surface area is 134 Å². The zero-order valence-corrected chi connectivity index (χ0v) is 12.1. The number of rotatable bonds is 2. The first-order valence-electron chi connectivity index (χ1n) is 6.84. The van der Waals surface area contributed by atoms with Crippen LogP contribution in [0.1, 0.15) is 17.5 Å². The summed E-state index contributed by atoms with van der Waals surface area (Å²) in [5.41, 5.74) is 1.87. The van der Waals surface area contributed by atoms with Gasteiger partial charge >= 0.3 is 12.0 Å². The first-order valence-corrected chi connectivity index (χ1v) is 6.84. The van der Waals surface area contributed by atoms with Crippen molar-refractivity contribution in [3.8, 4) is 17.3 Å². The number of pyridine rings is 1. The molecule has 0 saturated carbocycles. The monoisotopic (exact) mass is 333 g/mol. The summed E-state index contributed by atoms with van der Waals surface area (Å²) in [5, 5.41) is 21.9. The molecule has 1 unspecified atom stereocenters. The number of alkyl halides is 3. The lowest BCUT2D eigenvalue weighted by Gasteiger charge is -2.22. The number of nitrogens with zero attached hydrogens (tertiary/aromatic N) is 3. The second kappa shape index (κ2) is 5.62. The lowest BCUT2D eigenvalue weighted by molar-refractivity contribution is -0.355. The molecule has 0 radical (unpaired) electrons. The van der Waals surface area contributed by atoms with Gasteiger partial charge in [0.05, 0.1) is 23.4 Å². The van der Waals surface area contributed by atoms with Crippen LogP contribution in [-0.4, -0.2) is 27.8 Å². The Bertz CT molecular complexity index is 841. The van der Waals surface area contributed by atoms with E-state index in [1.54, 1.807) is 30.5 Å². The molecular weight excluding hydrogens is 323 g/mol. The van der Waals surface area contributed by atoms with E-state index < -0.39 is 18.4 Å². The van der Waals surface area contributed by atoms with E-state index in [4.69, 9.17) is 5.26 Å². The summed E-state index contributed by atoms with van der Waals surface area (Å²) in [6, 6.07) is 11.6. The lowest BCUT2D eigenvalue weighted by Crippen LogP contribution is -2.45. The van der Waals surface area contributed by atoms with Gasteiger partial charge in [0.1, 0.15) is 6.07 Å². The SMILES string of the molecule is N#Cc1cccnc1-c1ccc(C2=NOC(O)(C(F)(F)F)C2)cc1. The topological polar surface area (TPSA) is 78.5 Å². The van der Waals surface area contributed by atoms with Crippen LogP contribution in [0.5, 0.6) is 0 Å². The van der Waals surface area contributed by atoms with Crippen LogP contribution in [0.3, 0.4) is 0 Å². The summed E-state index contributed by atoms with van der Waals surface area (Å²) in [5.74, 6) is -3.30. The van der Waals surface area contributed by atoms with Crippen LogP contribution in [0, 0.1) is 11.3 Å². The average molecular weight is 333 g/mol. The Hall–Kier alpha value is -2.92. The van der Waals surface area contributed by atoms with Crippen molar-refractivity contribution in [3.05, 3.63) is 53.7 Å². The second-order valence-electron chi connectivity index (χ2n) is 5.18. The van der Waals surface area contributed by atoms with Gasteiger partial charge in [0.2, 0.25) is 0 Å². The van der Waals surface area contributed by atoms with E-state index in [0.29, 0.717) is 22.4 Å². The van der Waals surface area contributed by atoms with E-state index in [1.807, 2.05) is 6.07 Å². The fourth-order valence-electron chi connectivity index (χ4n) is 2.27. The van der Waals surface area contributed by atoms with E-state index in [0.717, 1.165) is 0 Å². The molecule has 2 heterocycles. The molecule has 0 spiro atoms. The molecule has 1 atom stereocenters. The third-order valence-corrected chi connectivity index (χ3v) is 3.58. The van der Waals surface area contributed by atoms with Crippen LogP contribution in [-0.2, 0) is 4.84 Å². The molecule has 1 aromatic carbocycles. The van der Waals surface area contributed by atoms with E-state index in [1.165, 1.54) is 12.1 Å². The summed E-state index contributed by atoms with van der Waals surface area (Å²) in [6.07, 6.45) is -4.18. The van der Waals surface area contributed by atoms with Crippen LogP contribution in [0.4, 0.5) is 13.2 Å². The molecule has 5 nitrogen and oxygen atoms in total. The van der Waals surface area contributed by atoms with Crippen LogP contribution < -0.4 is 0 Å². The standard InChI is InChI=1S/C16H10F3N3O2/c17-16(18,19)15(23)8-13(22-24-15)10-3-5-11(6-4-10)14-12(9-20)2-1-7-21-14/h1-7,23H,8H2. The maximum absolute atomic E-state index is 12.7. The third kappa shape index (κ3) is 2.70. The Balaban J connectivity index is 1.86. The van der Waals surface area contributed by atoms with Crippen molar-refractivity contribution in [2.45, 2.75) is 18.4 Å². The van der Waals surface area contributed by atoms with E-state index in [-0.39, 0.29) is 5.71 Å². The fraction of sp³-hybridized carbons (Fsp3) is 0.188. The maximum atomic E-state index is 12.7. The molecule has 0 saturated heterocycles. The van der Waals surface area contributed by atoms with Gasteiger partial charge in [0.15, 0.2) is 0 Å². The molecule has 0 bridgehead atoms. The first kappa shape index (κ1) is 16.0. The second-order valence-corrected chi connectivity index (χ2v) is 5.18. The molecule has 3 rings (SSSR count). The number of halogens is 3.